The number of nitriles is 1. The van der Waals surface area contributed by atoms with Crippen LogP contribution in [-0.4, -0.2) is 28.6 Å². The fourth-order valence-electron chi connectivity index (χ4n) is 1.46. The molecule has 0 radical (unpaired) electrons. The summed E-state index contributed by atoms with van der Waals surface area (Å²) in [7, 11) is -2.53. The van der Waals surface area contributed by atoms with Crippen LogP contribution in [0.3, 0.4) is 0 Å². The van der Waals surface area contributed by atoms with Gasteiger partial charge in [0.05, 0.1) is 6.07 Å². The molecule has 0 fully saturated rings. The number of rotatable bonds is 9. The van der Waals surface area contributed by atoms with E-state index < -0.39 is 8.80 Å². The second-order valence-electron chi connectivity index (χ2n) is 3.55. The Hall–Kier alpha value is -0.413. The zero-order chi connectivity index (χ0) is 12.4. The topological polar surface area (TPSA) is 51.5 Å². The van der Waals surface area contributed by atoms with Gasteiger partial charge in [-0.2, -0.15) is 5.26 Å². The second-order valence-corrected chi connectivity index (χ2v) is 6.28. The third-order valence-electron chi connectivity index (χ3n) is 2.20. The molecule has 5 heteroatoms. The van der Waals surface area contributed by atoms with Gasteiger partial charge in [-0.05, 0) is 34.1 Å². The summed E-state index contributed by atoms with van der Waals surface area (Å²) in [5.74, 6) is 0.0215. The Bertz CT molecular complexity index is 201. The molecule has 1 unspecified atom stereocenters. The van der Waals surface area contributed by atoms with Gasteiger partial charge in [-0.15, -0.1) is 0 Å². The van der Waals surface area contributed by atoms with Crippen molar-refractivity contribution in [1.29, 1.82) is 5.26 Å². The van der Waals surface area contributed by atoms with E-state index in [4.69, 9.17) is 18.5 Å². The number of nitrogens with zero attached hydrogens (tertiary/aromatic N) is 1. The molecule has 0 saturated carbocycles. The fourth-order valence-corrected chi connectivity index (χ4v) is 4.25. The van der Waals surface area contributed by atoms with Crippen LogP contribution in [0.1, 0.15) is 34.1 Å². The first-order valence-electron chi connectivity index (χ1n) is 5.95. The minimum Gasteiger partial charge on any atom is -0.374 e. The van der Waals surface area contributed by atoms with E-state index in [2.05, 4.69) is 6.07 Å². The molecule has 0 amide bonds. The van der Waals surface area contributed by atoms with Crippen molar-refractivity contribution in [3.63, 3.8) is 0 Å². The molecule has 0 saturated heterocycles. The van der Waals surface area contributed by atoms with Crippen LogP contribution in [0.25, 0.3) is 0 Å². The Balaban J connectivity index is 4.41. The summed E-state index contributed by atoms with van der Waals surface area (Å²) in [6.45, 7) is 9.49. The summed E-state index contributed by atoms with van der Waals surface area (Å²) in [6.07, 6.45) is 0.767. The highest BCUT2D eigenvalue weighted by atomic mass is 28.4. The van der Waals surface area contributed by atoms with Crippen LogP contribution in [0, 0.1) is 17.2 Å². The third kappa shape index (κ3) is 5.61. The van der Waals surface area contributed by atoms with Gasteiger partial charge >= 0.3 is 8.80 Å². The van der Waals surface area contributed by atoms with Crippen LogP contribution in [-0.2, 0) is 13.3 Å². The van der Waals surface area contributed by atoms with Gasteiger partial charge in [-0.25, -0.2) is 0 Å². The van der Waals surface area contributed by atoms with Crippen LogP contribution in [0.4, 0.5) is 0 Å². The largest absolute Gasteiger partial charge is 0.500 e. The van der Waals surface area contributed by atoms with Gasteiger partial charge in [0, 0.05) is 31.8 Å². The Morgan fingerprint density at radius 1 is 1.06 bits per heavy atom. The van der Waals surface area contributed by atoms with Crippen molar-refractivity contribution in [2.24, 2.45) is 5.92 Å². The lowest BCUT2D eigenvalue weighted by Gasteiger charge is -2.28. The van der Waals surface area contributed by atoms with Gasteiger partial charge < -0.3 is 13.3 Å². The Morgan fingerprint density at radius 3 is 1.81 bits per heavy atom. The van der Waals surface area contributed by atoms with Crippen molar-refractivity contribution >= 4 is 8.80 Å². The predicted molar refractivity (Wildman–Crippen MR) is 64.8 cm³/mol. The predicted octanol–water partition coefficient (Wildman–Crippen LogP) is 2.58. The molecule has 94 valence electrons. The SMILES string of the molecule is CCO[Si](CCC(C)C#N)(OCC)OCC. The van der Waals surface area contributed by atoms with Crippen LogP contribution >= 0.6 is 0 Å². The van der Waals surface area contributed by atoms with Crippen LogP contribution in [0.2, 0.25) is 6.04 Å². The first-order chi connectivity index (χ1) is 7.64. The van der Waals surface area contributed by atoms with E-state index in [0.29, 0.717) is 19.8 Å². The maximum Gasteiger partial charge on any atom is 0.500 e. The Kier molecular flexibility index (Phi) is 8.48. The molecule has 0 aromatic rings. The Morgan fingerprint density at radius 2 is 1.50 bits per heavy atom. The lowest BCUT2D eigenvalue weighted by molar-refractivity contribution is 0.0702. The summed E-state index contributed by atoms with van der Waals surface area (Å²) < 4.78 is 17.1. The zero-order valence-corrected chi connectivity index (χ0v) is 11.8. The van der Waals surface area contributed by atoms with Crippen molar-refractivity contribution in [1.82, 2.24) is 0 Å². The fraction of sp³-hybridized carbons (Fsp3) is 0.909. The van der Waals surface area contributed by atoms with Gasteiger partial charge in [-0.1, -0.05) is 0 Å². The van der Waals surface area contributed by atoms with Gasteiger partial charge in [0.2, 0.25) is 0 Å². The van der Waals surface area contributed by atoms with Gasteiger partial charge in [-0.3, -0.25) is 0 Å². The molecular formula is C11H23NO3Si. The Labute approximate surface area is 99.9 Å². The molecule has 0 bridgehead atoms. The van der Waals surface area contributed by atoms with E-state index in [9.17, 15) is 0 Å². The molecule has 0 aliphatic carbocycles. The minimum absolute atomic E-state index is 0.0215. The normalized spacial score (nSPS) is 13.4. The standard InChI is InChI=1S/C11H23NO3Si/c1-5-13-16(14-6-2,15-7-3)9-8-11(4)10-12/h11H,5-9H2,1-4H3. The van der Waals surface area contributed by atoms with E-state index in [1.807, 2.05) is 27.7 Å². The van der Waals surface area contributed by atoms with Crippen molar-refractivity contribution < 1.29 is 13.3 Å². The number of hydrogen-bond donors (Lipinski definition) is 0. The highest BCUT2D eigenvalue weighted by Gasteiger charge is 2.40. The lowest BCUT2D eigenvalue weighted by Crippen LogP contribution is -2.46. The quantitative estimate of drug-likeness (QED) is 0.586. The molecule has 0 aromatic carbocycles. The summed E-state index contributed by atoms with van der Waals surface area (Å²) in [4.78, 5) is 0. The highest BCUT2D eigenvalue weighted by Crippen LogP contribution is 2.20. The van der Waals surface area contributed by atoms with Crippen molar-refractivity contribution in [3.05, 3.63) is 0 Å². The summed E-state index contributed by atoms with van der Waals surface area (Å²) in [5, 5.41) is 8.76. The smallest absolute Gasteiger partial charge is 0.374 e. The average Bonchev–Trinajstić information content (AvgIpc) is 2.27. The first kappa shape index (κ1) is 15.6. The van der Waals surface area contributed by atoms with Crippen LogP contribution in [0.15, 0.2) is 0 Å². The monoisotopic (exact) mass is 245 g/mol. The third-order valence-corrected chi connectivity index (χ3v) is 5.28. The molecular weight excluding hydrogens is 222 g/mol. The van der Waals surface area contributed by atoms with E-state index in [0.717, 1.165) is 12.5 Å². The summed E-state index contributed by atoms with van der Waals surface area (Å²) in [6, 6.07) is 2.94. The number of hydrogen-bond acceptors (Lipinski definition) is 4. The zero-order valence-electron chi connectivity index (χ0n) is 10.8. The van der Waals surface area contributed by atoms with Crippen molar-refractivity contribution in [2.45, 2.75) is 40.2 Å². The highest BCUT2D eigenvalue weighted by molar-refractivity contribution is 6.60. The van der Waals surface area contributed by atoms with Crippen molar-refractivity contribution in [2.75, 3.05) is 19.8 Å². The molecule has 1 atom stereocenters. The molecule has 0 aliphatic heterocycles. The van der Waals surface area contributed by atoms with Gasteiger partial charge in [0.25, 0.3) is 0 Å². The molecule has 0 heterocycles. The van der Waals surface area contributed by atoms with Crippen molar-refractivity contribution in [3.8, 4) is 6.07 Å². The van der Waals surface area contributed by atoms with Gasteiger partial charge in [0.1, 0.15) is 0 Å². The maximum atomic E-state index is 8.76. The van der Waals surface area contributed by atoms with E-state index >= 15 is 0 Å². The van der Waals surface area contributed by atoms with E-state index in [-0.39, 0.29) is 5.92 Å². The maximum absolute atomic E-state index is 8.76. The molecule has 16 heavy (non-hydrogen) atoms. The molecule has 0 aromatic heterocycles. The second kappa shape index (κ2) is 8.71. The molecule has 0 spiro atoms. The first-order valence-corrected chi connectivity index (χ1v) is 7.88. The van der Waals surface area contributed by atoms with E-state index in [1.165, 1.54) is 0 Å². The molecule has 4 nitrogen and oxygen atoms in total. The molecule has 0 aliphatic rings. The lowest BCUT2D eigenvalue weighted by atomic mass is 10.1. The minimum atomic E-state index is -2.53. The van der Waals surface area contributed by atoms with E-state index in [1.54, 1.807) is 0 Å². The van der Waals surface area contributed by atoms with Gasteiger partial charge in [0.15, 0.2) is 0 Å². The van der Waals surface area contributed by atoms with Crippen LogP contribution in [0.5, 0.6) is 0 Å². The molecule has 0 N–H and O–H groups in total. The summed E-state index contributed by atoms with van der Waals surface area (Å²) >= 11 is 0. The van der Waals surface area contributed by atoms with Crippen LogP contribution < -0.4 is 0 Å². The summed E-state index contributed by atoms with van der Waals surface area (Å²) in [5.41, 5.74) is 0. The average molecular weight is 245 g/mol. The molecule has 0 rings (SSSR count).